The van der Waals surface area contributed by atoms with Crippen molar-refractivity contribution >= 4 is 11.6 Å². The number of ketones is 2. The maximum atomic E-state index is 13.8. The molecule has 0 bridgehead atoms. The number of carbonyl (C=O) groups is 2. The van der Waals surface area contributed by atoms with Crippen LogP contribution in [0.2, 0.25) is 0 Å². The highest BCUT2D eigenvalue weighted by Gasteiger charge is 2.63. The molecule has 0 aromatic carbocycles. The van der Waals surface area contributed by atoms with Gasteiger partial charge in [-0.1, -0.05) is 13.8 Å². The SMILES string of the molecule is C[C@]12CC[C@@H](F)C[C@@H]1CC[C@H]1[C@H]2C(=O)C[C@]2(C)C(=O)CC[C@@H]12. The highest BCUT2D eigenvalue weighted by Crippen LogP contribution is 2.64. The molecule has 4 saturated carbocycles. The van der Waals surface area contributed by atoms with Crippen LogP contribution in [-0.4, -0.2) is 17.7 Å². The van der Waals surface area contributed by atoms with Gasteiger partial charge in [0.15, 0.2) is 0 Å². The van der Waals surface area contributed by atoms with Crippen LogP contribution in [-0.2, 0) is 9.59 Å². The lowest BCUT2D eigenvalue weighted by Gasteiger charge is -2.58. The molecular formula is C19H27FO2. The summed E-state index contributed by atoms with van der Waals surface area (Å²) in [4.78, 5) is 25.4. The average molecular weight is 306 g/mol. The molecule has 22 heavy (non-hydrogen) atoms. The van der Waals surface area contributed by atoms with E-state index in [0.717, 1.165) is 25.7 Å². The molecule has 4 fully saturated rings. The first-order valence-electron chi connectivity index (χ1n) is 9.06. The Labute approximate surface area is 132 Å². The van der Waals surface area contributed by atoms with Crippen molar-refractivity contribution in [2.45, 2.75) is 71.4 Å². The van der Waals surface area contributed by atoms with E-state index in [1.807, 2.05) is 6.92 Å². The quantitative estimate of drug-likeness (QED) is 0.675. The summed E-state index contributed by atoms with van der Waals surface area (Å²) in [7, 11) is 0. The number of halogens is 1. The largest absolute Gasteiger partial charge is 0.299 e. The Balaban J connectivity index is 1.71. The number of carbonyl (C=O) groups excluding carboxylic acids is 2. The Kier molecular flexibility index (Phi) is 3.13. The minimum Gasteiger partial charge on any atom is -0.299 e. The molecule has 122 valence electrons. The Hall–Kier alpha value is -0.730. The Morgan fingerprint density at radius 1 is 1.09 bits per heavy atom. The summed E-state index contributed by atoms with van der Waals surface area (Å²) in [6, 6.07) is 0. The van der Waals surface area contributed by atoms with Gasteiger partial charge in [0.2, 0.25) is 0 Å². The van der Waals surface area contributed by atoms with Gasteiger partial charge in [0.05, 0.1) is 0 Å². The summed E-state index contributed by atoms with van der Waals surface area (Å²) in [6.45, 7) is 4.28. The summed E-state index contributed by atoms with van der Waals surface area (Å²) in [5.41, 5.74) is -0.408. The fraction of sp³-hybridized carbons (Fsp3) is 0.895. The molecule has 2 nitrogen and oxygen atoms in total. The summed E-state index contributed by atoms with van der Waals surface area (Å²) >= 11 is 0. The van der Waals surface area contributed by atoms with Crippen LogP contribution in [0.5, 0.6) is 0 Å². The van der Waals surface area contributed by atoms with E-state index >= 15 is 0 Å². The van der Waals surface area contributed by atoms with Gasteiger partial charge in [0, 0.05) is 24.2 Å². The van der Waals surface area contributed by atoms with E-state index in [2.05, 4.69) is 6.92 Å². The fourth-order valence-electron chi connectivity index (χ4n) is 6.80. The number of rotatable bonds is 0. The molecule has 0 heterocycles. The smallest absolute Gasteiger partial charge is 0.139 e. The van der Waals surface area contributed by atoms with E-state index in [9.17, 15) is 14.0 Å². The summed E-state index contributed by atoms with van der Waals surface area (Å²) < 4.78 is 13.8. The first-order valence-corrected chi connectivity index (χ1v) is 9.06. The fourth-order valence-corrected chi connectivity index (χ4v) is 6.80. The third kappa shape index (κ3) is 1.77. The molecule has 0 aromatic rings. The zero-order chi connectivity index (χ0) is 15.7. The second-order valence-corrected chi connectivity index (χ2v) is 8.92. The monoisotopic (exact) mass is 306 g/mol. The minimum absolute atomic E-state index is 0.0183. The minimum atomic E-state index is -0.674. The third-order valence-electron chi connectivity index (χ3n) is 8.00. The number of Topliss-reactive ketones (excluding diaryl/α,β-unsaturated/α-hetero) is 2. The molecule has 0 amide bonds. The van der Waals surface area contributed by atoms with Crippen molar-refractivity contribution in [3.05, 3.63) is 0 Å². The van der Waals surface area contributed by atoms with Gasteiger partial charge in [-0.15, -0.1) is 0 Å². The molecule has 0 aromatic heterocycles. The molecule has 0 aliphatic heterocycles. The second-order valence-electron chi connectivity index (χ2n) is 8.92. The van der Waals surface area contributed by atoms with Crippen molar-refractivity contribution in [2.75, 3.05) is 0 Å². The Bertz CT molecular complexity index is 530. The molecule has 3 heteroatoms. The number of hydrogen-bond acceptors (Lipinski definition) is 2. The van der Waals surface area contributed by atoms with Gasteiger partial charge >= 0.3 is 0 Å². The first-order chi connectivity index (χ1) is 10.4. The van der Waals surface area contributed by atoms with Crippen molar-refractivity contribution in [3.8, 4) is 0 Å². The predicted molar refractivity (Wildman–Crippen MR) is 82.0 cm³/mol. The van der Waals surface area contributed by atoms with Crippen molar-refractivity contribution in [1.29, 1.82) is 0 Å². The van der Waals surface area contributed by atoms with Crippen LogP contribution in [0.15, 0.2) is 0 Å². The van der Waals surface area contributed by atoms with E-state index in [1.165, 1.54) is 0 Å². The standard InChI is InChI=1S/C19H27FO2/c1-18-8-7-12(20)9-11(18)3-4-13-14-5-6-16(22)19(14,2)10-15(21)17(13)18/h11-14,17H,3-10H2,1-2H3/t11-,12+,13+,14-,17-,18-,19-/m0/s1. The summed E-state index contributed by atoms with van der Waals surface area (Å²) in [6.07, 6.45) is 5.58. The summed E-state index contributed by atoms with van der Waals surface area (Å²) in [5.74, 6) is 1.83. The van der Waals surface area contributed by atoms with E-state index in [1.54, 1.807) is 0 Å². The lowest BCUT2D eigenvalue weighted by molar-refractivity contribution is -0.161. The molecule has 0 radical (unpaired) electrons. The van der Waals surface area contributed by atoms with Crippen molar-refractivity contribution < 1.29 is 14.0 Å². The Morgan fingerprint density at radius 2 is 1.86 bits per heavy atom. The zero-order valence-corrected chi connectivity index (χ0v) is 13.7. The number of alkyl halides is 1. The molecule has 4 aliphatic rings. The molecule has 0 saturated heterocycles. The lowest BCUT2D eigenvalue weighted by Crippen LogP contribution is -2.57. The predicted octanol–water partition coefficient (Wildman–Crippen LogP) is 4.12. The molecule has 0 N–H and O–H groups in total. The molecule has 4 aliphatic carbocycles. The van der Waals surface area contributed by atoms with Crippen molar-refractivity contribution in [1.82, 2.24) is 0 Å². The van der Waals surface area contributed by atoms with Crippen LogP contribution >= 0.6 is 0 Å². The maximum Gasteiger partial charge on any atom is 0.139 e. The second kappa shape index (κ2) is 4.64. The maximum absolute atomic E-state index is 13.8. The lowest BCUT2D eigenvalue weighted by atomic mass is 9.45. The normalized spacial score (nSPS) is 54.6. The molecule has 4 rings (SSSR count). The molecule has 0 unspecified atom stereocenters. The van der Waals surface area contributed by atoms with Gasteiger partial charge in [-0.2, -0.15) is 0 Å². The van der Waals surface area contributed by atoms with Crippen LogP contribution in [0.25, 0.3) is 0 Å². The van der Waals surface area contributed by atoms with Crippen LogP contribution in [0.4, 0.5) is 4.39 Å². The Morgan fingerprint density at radius 3 is 2.64 bits per heavy atom. The number of hydrogen-bond donors (Lipinski definition) is 0. The van der Waals surface area contributed by atoms with Gasteiger partial charge in [-0.3, -0.25) is 9.59 Å². The van der Waals surface area contributed by atoms with E-state index in [0.29, 0.717) is 55.0 Å². The van der Waals surface area contributed by atoms with Crippen LogP contribution in [0, 0.1) is 34.5 Å². The van der Waals surface area contributed by atoms with Gasteiger partial charge in [0.1, 0.15) is 17.7 Å². The zero-order valence-electron chi connectivity index (χ0n) is 13.7. The average Bonchev–Trinajstić information content (AvgIpc) is 2.75. The van der Waals surface area contributed by atoms with Gasteiger partial charge in [0.25, 0.3) is 0 Å². The topological polar surface area (TPSA) is 34.1 Å². The van der Waals surface area contributed by atoms with Crippen molar-refractivity contribution in [2.24, 2.45) is 34.5 Å². The third-order valence-corrected chi connectivity index (χ3v) is 8.00. The van der Waals surface area contributed by atoms with Gasteiger partial charge in [-0.25, -0.2) is 4.39 Å². The highest BCUT2D eigenvalue weighted by molar-refractivity contribution is 5.95. The highest BCUT2D eigenvalue weighted by atomic mass is 19.1. The van der Waals surface area contributed by atoms with Crippen LogP contribution in [0.3, 0.4) is 0 Å². The molecule has 7 atom stereocenters. The van der Waals surface area contributed by atoms with Gasteiger partial charge < -0.3 is 0 Å². The van der Waals surface area contributed by atoms with E-state index in [4.69, 9.17) is 0 Å². The summed E-state index contributed by atoms with van der Waals surface area (Å²) in [5, 5.41) is 0. The van der Waals surface area contributed by atoms with Crippen LogP contribution in [0.1, 0.15) is 65.2 Å². The van der Waals surface area contributed by atoms with Crippen molar-refractivity contribution in [3.63, 3.8) is 0 Å². The molecule has 0 spiro atoms. The number of fused-ring (bicyclic) bond motifs is 5. The van der Waals surface area contributed by atoms with E-state index < -0.39 is 11.6 Å². The van der Waals surface area contributed by atoms with Crippen LogP contribution < -0.4 is 0 Å². The first kappa shape index (κ1) is 14.8. The molecular weight excluding hydrogens is 279 g/mol. The van der Waals surface area contributed by atoms with E-state index in [-0.39, 0.29) is 11.3 Å². The van der Waals surface area contributed by atoms with Gasteiger partial charge in [-0.05, 0) is 61.7 Å².